The van der Waals surface area contributed by atoms with E-state index in [1.54, 1.807) is 0 Å². The van der Waals surface area contributed by atoms with E-state index in [9.17, 15) is 27.3 Å². The highest BCUT2D eigenvalue weighted by Crippen LogP contribution is 2.21. The van der Waals surface area contributed by atoms with Crippen LogP contribution in [0, 0.1) is 21.7 Å². The lowest BCUT2D eigenvalue weighted by Crippen LogP contribution is -2.27. The quantitative estimate of drug-likeness (QED) is 0.663. The molecular formula is C13H11F2N3O4S. The Morgan fingerprint density at radius 3 is 2.52 bits per heavy atom. The number of nitrogens with zero attached hydrogens (tertiary/aromatic N) is 2. The molecular weight excluding hydrogens is 332 g/mol. The van der Waals surface area contributed by atoms with Crippen molar-refractivity contribution in [3.05, 3.63) is 63.8 Å². The Kier molecular flexibility index (Phi) is 4.66. The second-order valence-corrected chi connectivity index (χ2v) is 6.31. The van der Waals surface area contributed by atoms with E-state index in [0.29, 0.717) is 0 Å². The monoisotopic (exact) mass is 343 g/mol. The van der Waals surface area contributed by atoms with Gasteiger partial charge in [-0.25, -0.2) is 21.9 Å². The SMILES string of the molecule is C[C@@H](NS(=O)(=O)c1ccc([N+](=O)[O-])nc1)c1cccc(F)c1F. The van der Waals surface area contributed by atoms with Gasteiger partial charge in [-0.2, -0.15) is 0 Å². The van der Waals surface area contributed by atoms with Crippen LogP contribution in [0.15, 0.2) is 41.4 Å². The number of sulfonamides is 1. The molecule has 1 aromatic carbocycles. The Bertz CT molecular complexity index is 841. The lowest BCUT2D eigenvalue weighted by Gasteiger charge is -2.15. The van der Waals surface area contributed by atoms with Crippen molar-refractivity contribution in [3.8, 4) is 0 Å². The van der Waals surface area contributed by atoms with Crippen LogP contribution in [0.4, 0.5) is 14.6 Å². The maximum Gasteiger partial charge on any atom is 0.363 e. The minimum Gasteiger partial charge on any atom is -0.358 e. The van der Waals surface area contributed by atoms with Crippen molar-refractivity contribution in [1.29, 1.82) is 0 Å². The number of nitrogens with one attached hydrogen (secondary N) is 1. The van der Waals surface area contributed by atoms with Gasteiger partial charge in [-0.1, -0.05) is 12.1 Å². The van der Waals surface area contributed by atoms with E-state index < -0.39 is 38.4 Å². The fraction of sp³-hybridized carbons (Fsp3) is 0.154. The van der Waals surface area contributed by atoms with Gasteiger partial charge in [0.05, 0.1) is 0 Å². The molecule has 0 fully saturated rings. The van der Waals surface area contributed by atoms with E-state index in [0.717, 1.165) is 24.4 Å². The normalized spacial score (nSPS) is 12.8. The molecule has 0 amide bonds. The van der Waals surface area contributed by atoms with E-state index in [4.69, 9.17) is 0 Å². The van der Waals surface area contributed by atoms with Crippen molar-refractivity contribution in [2.45, 2.75) is 17.9 Å². The van der Waals surface area contributed by atoms with Crippen molar-refractivity contribution in [1.82, 2.24) is 9.71 Å². The molecule has 0 aliphatic rings. The molecule has 2 aromatic rings. The highest BCUT2D eigenvalue weighted by atomic mass is 32.2. The molecule has 1 atom stereocenters. The highest BCUT2D eigenvalue weighted by molar-refractivity contribution is 7.89. The molecule has 1 aromatic heterocycles. The fourth-order valence-corrected chi connectivity index (χ4v) is 3.03. The standard InChI is InChI=1S/C13H11F2N3O4S/c1-8(10-3-2-4-11(14)13(10)15)17-23(21,22)9-5-6-12(16-7-9)18(19)20/h2-8,17H,1H3/t8-/m1/s1. The van der Waals surface area contributed by atoms with Crippen LogP contribution >= 0.6 is 0 Å². The second kappa shape index (κ2) is 6.34. The van der Waals surface area contributed by atoms with Crippen LogP contribution in [0.2, 0.25) is 0 Å². The molecule has 0 radical (unpaired) electrons. The number of pyridine rings is 1. The Morgan fingerprint density at radius 1 is 1.26 bits per heavy atom. The van der Waals surface area contributed by atoms with Crippen molar-refractivity contribution in [3.63, 3.8) is 0 Å². The second-order valence-electron chi connectivity index (χ2n) is 4.60. The molecule has 1 N–H and O–H groups in total. The molecule has 0 spiro atoms. The average Bonchev–Trinajstić information content (AvgIpc) is 2.49. The Balaban J connectivity index is 2.27. The minimum absolute atomic E-state index is 0.163. The molecule has 0 saturated heterocycles. The molecule has 1 heterocycles. The zero-order valence-electron chi connectivity index (χ0n) is 11.7. The summed E-state index contributed by atoms with van der Waals surface area (Å²) in [7, 11) is -4.10. The van der Waals surface area contributed by atoms with Gasteiger partial charge in [-0.15, -0.1) is 0 Å². The van der Waals surface area contributed by atoms with Crippen molar-refractivity contribution >= 4 is 15.8 Å². The lowest BCUT2D eigenvalue weighted by atomic mass is 10.1. The van der Waals surface area contributed by atoms with E-state index >= 15 is 0 Å². The Labute approximate surface area is 130 Å². The third-order valence-corrected chi connectivity index (χ3v) is 4.52. The first-order valence-corrected chi connectivity index (χ1v) is 7.77. The average molecular weight is 343 g/mol. The summed E-state index contributed by atoms with van der Waals surface area (Å²) in [5, 5.41) is 10.5. The maximum atomic E-state index is 13.7. The first-order valence-electron chi connectivity index (χ1n) is 6.29. The lowest BCUT2D eigenvalue weighted by molar-refractivity contribution is -0.389. The molecule has 23 heavy (non-hydrogen) atoms. The molecule has 0 aliphatic heterocycles. The van der Waals surface area contributed by atoms with Crippen LogP contribution in [0.5, 0.6) is 0 Å². The Morgan fingerprint density at radius 2 is 1.96 bits per heavy atom. The number of benzene rings is 1. The first kappa shape index (κ1) is 16.9. The van der Waals surface area contributed by atoms with Gasteiger partial charge in [-0.05, 0) is 29.0 Å². The van der Waals surface area contributed by atoms with Gasteiger partial charge >= 0.3 is 5.82 Å². The molecule has 2 rings (SSSR count). The summed E-state index contributed by atoms with van der Waals surface area (Å²) in [6, 6.07) is 4.31. The summed E-state index contributed by atoms with van der Waals surface area (Å²) in [6.07, 6.45) is 0.815. The molecule has 0 bridgehead atoms. The van der Waals surface area contributed by atoms with Gasteiger partial charge in [0.1, 0.15) is 4.90 Å². The molecule has 0 saturated carbocycles. The van der Waals surface area contributed by atoms with Crippen LogP contribution in [-0.2, 0) is 10.0 Å². The van der Waals surface area contributed by atoms with Gasteiger partial charge in [0.2, 0.25) is 10.0 Å². The summed E-state index contributed by atoms with van der Waals surface area (Å²) in [4.78, 5) is 12.8. The van der Waals surface area contributed by atoms with Crippen LogP contribution in [0.25, 0.3) is 0 Å². The maximum absolute atomic E-state index is 13.7. The van der Waals surface area contributed by atoms with Crippen LogP contribution in [0.3, 0.4) is 0 Å². The number of aromatic nitrogens is 1. The summed E-state index contributed by atoms with van der Waals surface area (Å²) in [5.74, 6) is -2.75. The topological polar surface area (TPSA) is 102 Å². The number of halogens is 2. The predicted octanol–water partition coefficient (Wildman–Crippen LogP) is 2.31. The van der Waals surface area contributed by atoms with Crippen LogP contribution in [-0.4, -0.2) is 18.3 Å². The third-order valence-electron chi connectivity index (χ3n) is 3.00. The van der Waals surface area contributed by atoms with Crippen molar-refractivity contribution < 1.29 is 22.1 Å². The zero-order chi connectivity index (χ0) is 17.2. The molecule has 0 aliphatic carbocycles. The first-order chi connectivity index (χ1) is 10.7. The molecule has 122 valence electrons. The summed E-state index contributed by atoms with van der Waals surface area (Å²) < 4.78 is 53.3. The van der Waals surface area contributed by atoms with Crippen LogP contribution in [0.1, 0.15) is 18.5 Å². The number of rotatable bonds is 5. The van der Waals surface area contributed by atoms with Gasteiger partial charge in [0.25, 0.3) is 0 Å². The largest absolute Gasteiger partial charge is 0.363 e. The smallest absolute Gasteiger partial charge is 0.358 e. The zero-order valence-corrected chi connectivity index (χ0v) is 12.5. The summed E-state index contributed by atoms with van der Waals surface area (Å²) in [5.41, 5.74) is -0.163. The number of nitro groups is 1. The molecule has 10 heteroatoms. The number of hydrogen-bond donors (Lipinski definition) is 1. The molecule has 0 unspecified atom stereocenters. The van der Waals surface area contributed by atoms with Gasteiger partial charge in [0, 0.05) is 17.7 Å². The third kappa shape index (κ3) is 3.66. The van der Waals surface area contributed by atoms with Gasteiger partial charge < -0.3 is 10.1 Å². The minimum atomic E-state index is -4.10. The van der Waals surface area contributed by atoms with Crippen molar-refractivity contribution in [2.24, 2.45) is 0 Å². The summed E-state index contributed by atoms with van der Waals surface area (Å²) in [6.45, 7) is 1.34. The van der Waals surface area contributed by atoms with Crippen LogP contribution < -0.4 is 4.72 Å². The Hall–Kier alpha value is -2.46. The van der Waals surface area contributed by atoms with E-state index in [-0.39, 0.29) is 10.5 Å². The highest BCUT2D eigenvalue weighted by Gasteiger charge is 2.23. The van der Waals surface area contributed by atoms with E-state index in [1.165, 1.54) is 19.1 Å². The van der Waals surface area contributed by atoms with E-state index in [1.807, 2.05) is 0 Å². The van der Waals surface area contributed by atoms with Gasteiger partial charge in [0.15, 0.2) is 17.8 Å². The molecule has 7 nitrogen and oxygen atoms in total. The van der Waals surface area contributed by atoms with Crippen molar-refractivity contribution in [2.75, 3.05) is 0 Å². The number of hydrogen-bond acceptors (Lipinski definition) is 5. The predicted molar refractivity (Wildman–Crippen MR) is 76.0 cm³/mol. The van der Waals surface area contributed by atoms with Gasteiger partial charge in [-0.3, -0.25) is 0 Å². The fourth-order valence-electron chi connectivity index (χ4n) is 1.86. The summed E-state index contributed by atoms with van der Waals surface area (Å²) >= 11 is 0. The van der Waals surface area contributed by atoms with E-state index in [2.05, 4.69) is 9.71 Å².